The molecule has 4 unspecified atom stereocenters. The van der Waals surface area contributed by atoms with Gasteiger partial charge in [-0.3, -0.25) is 9.59 Å². The van der Waals surface area contributed by atoms with E-state index < -0.39 is 11.8 Å². The van der Waals surface area contributed by atoms with Crippen LogP contribution < -0.4 is 5.73 Å². The van der Waals surface area contributed by atoms with Crippen LogP contribution in [0.2, 0.25) is 0 Å². The number of benzene rings is 1. The van der Waals surface area contributed by atoms with E-state index in [0.717, 1.165) is 19.4 Å². The van der Waals surface area contributed by atoms with Gasteiger partial charge in [0.05, 0.1) is 5.92 Å². The van der Waals surface area contributed by atoms with Gasteiger partial charge in [0.15, 0.2) is 0 Å². The zero-order valence-electron chi connectivity index (χ0n) is 14.8. The number of rotatable bonds is 4. The number of aromatic amines is 1. The number of carbonyl (C=O) groups is 2. The summed E-state index contributed by atoms with van der Waals surface area (Å²) in [6.45, 7) is 2.38. The van der Waals surface area contributed by atoms with Gasteiger partial charge in [-0.1, -0.05) is 12.1 Å². The number of hydrogen-bond acceptors (Lipinski definition) is 3. The highest BCUT2D eigenvalue weighted by Gasteiger charge is 2.40. The van der Waals surface area contributed by atoms with Gasteiger partial charge in [-0.2, -0.15) is 0 Å². The van der Waals surface area contributed by atoms with Crippen LogP contribution in [-0.4, -0.2) is 41.2 Å². The predicted molar refractivity (Wildman–Crippen MR) is 97.3 cm³/mol. The molecular weight excluding hydrogens is 314 g/mol. The Kier molecular flexibility index (Phi) is 3.91. The van der Waals surface area contributed by atoms with Crippen LogP contribution in [-0.2, 0) is 16.0 Å². The number of Topliss-reactive ketones (excluding diaryl/α,β-unsaturated/α-hetero) is 1. The Labute approximate surface area is 147 Å². The minimum Gasteiger partial charge on any atom is -0.369 e. The van der Waals surface area contributed by atoms with Gasteiger partial charge in [0.2, 0.25) is 5.91 Å². The highest BCUT2D eigenvalue weighted by atomic mass is 16.2. The minimum absolute atomic E-state index is 0.115. The Hall–Kier alpha value is -2.14. The molecule has 25 heavy (non-hydrogen) atoms. The fourth-order valence-electron chi connectivity index (χ4n) is 5.04. The maximum atomic E-state index is 11.8. The van der Waals surface area contributed by atoms with E-state index in [1.807, 2.05) is 0 Å². The number of aromatic nitrogens is 1. The van der Waals surface area contributed by atoms with E-state index in [9.17, 15) is 9.59 Å². The number of primary amides is 1. The summed E-state index contributed by atoms with van der Waals surface area (Å²) in [5, 5.41) is 1.37. The van der Waals surface area contributed by atoms with Crippen molar-refractivity contribution in [1.29, 1.82) is 0 Å². The zero-order valence-corrected chi connectivity index (χ0v) is 14.8. The number of nitrogens with one attached hydrogen (secondary N) is 1. The summed E-state index contributed by atoms with van der Waals surface area (Å²) in [6, 6.07) is 6.97. The highest BCUT2D eigenvalue weighted by Crippen LogP contribution is 2.45. The molecule has 2 aliphatic rings. The molecule has 0 bridgehead atoms. The van der Waals surface area contributed by atoms with Crippen molar-refractivity contribution < 1.29 is 9.59 Å². The minimum atomic E-state index is -0.655. The Bertz CT molecular complexity index is 827. The molecule has 0 radical (unpaired) electrons. The van der Waals surface area contributed by atoms with Gasteiger partial charge in [-0.05, 0) is 56.3 Å². The second kappa shape index (κ2) is 5.99. The van der Waals surface area contributed by atoms with Gasteiger partial charge in [0, 0.05) is 35.6 Å². The molecule has 1 aliphatic heterocycles. The van der Waals surface area contributed by atoms with Gasteiger partial charge >= 0.3 is 0 Å². The Morgan fingerprint density at radius 1 is 1.40 bits per heavy atom. The molecule has 0 saturated carbocycles. The summed E-state index contributed by atoms with van der Waals surface area (Å²) < 4.78 is 0. The number of likely N-dealkylation sites (tertiary alicyclic amines) is 1. The van der Waals surface area contributed by atoms with E-state index >= 15 is 0 Å². The standard InChI is InChI=1S/C20H25N3O2/c1-11(24)15(20(21)25)6-12-7-16-14-4-3-5-17-19(14)13(9-22-17)8-18(16)23(2)10-12/h3-5,9,12,15-16,18,22H,6-8,10H2,1-2H3,(H2,21,25). The van der Waals surface area contributed by atoms with Crippen molar-refractivity contribution in [2.45, 2.75) is 38.1 Å². The highest BCUT2D eigenvalue weighted by molar-refractivity contribution is 5.99. The first-order chi connectivity index (χ1) is 12.0. The fraction of sp³-hybridized carbons (Fsp3) is 0.500. The summed E-state index contributed by atoms with van der Waals surface area (Å²) in [7, 11) is 2.16. The van der Waals surface area contributed by atoms with E-state index in [1.54, 1.807) is 0 Å². The molecule has 1 aromatic carbocycles. The topological polar surface area (TPSA) is 79.2 Å². The molecule has 132 valence electrons. The third-order valence-corrected chi connectivity index (χ3v) is 6.22. The van der Waals surface area contributed by atoms with E-state index in [0.29, 0.717) is 24.3 Å². The van der Waals surface area contributed by atoms with Crippen molar-refractivity contribution in [2.75, 3.05) is 13.6 Å². The number of ketones is 1. The van der Waals surface area contributed by atoms with Crippen molar-refractivity contribution >= 4 is 22.6 Å². The number of likely N-dealkylation sites (N-methyl/N-ethyl adjacent to an activating group) is 1. The lowest BCUT2D eigenvalue weighted by molar-refractivity contribution is -0.132. The molecule has 4 rings (SSSR count). The molecule has 1 fully saturated rings. The first-order valence-corrected chi connectivity index (χ1v) is 9.04. The quantitative estimate of drug-likeness (QED) is 0.838. The first-order valence-electron chi connectivity index (χ1n) is 9.04. The lowest BCUT2D eigenvalue weighted by Gasteiger charge is -2.46. The second-order valence-electron chi connectivity index (χ2n) is 7.80. The third-order valence-electron chi connectivity index (χ3n) is 6.22. The third kappa shape index (κ3) is 2.67. The largest absolute Gasteiger partial charge is 0.369 e. The van der Waals surface area contributed by atoms with Crippen LogP contribution in [0.5, 0.6) is 0 Å². The lowest BCUT2D eigenvalue weighted by atomic mass is 9.71. The predicted octanol–water partition coefficient (Wildman–Crippen LogP) is 2.21. The molecule has 3 N–H and O–H groups in total. The molecule has 2 heterocycles. The summed E-state index contributed by atoms with van der Waals surface area (Å²) in [5.41, 5.74) is 9.46. The number of nitrogens with two attached hydrogens (primary N) is 1. The van der Waals surface area contributed by atoms with Crippen molar-refractivity contribution in [3.8, 4) is 0 Å². The van der Waals surface area contributed by atoms with E-state index in [-0.39, 0.29) is 5.78 Å². The average Bonchev–Trinajstić information content (AvgIpc) is 2.98. The van der Waals surface area contributed by atoms with Crippen LogP contribution in [0.4, 0.5) is 0 Å². The molecule has 4 atom stereocenters. The number of carbonyl (C=O) groups excluding carboxylic acids is 2. The van der Waals surface area contributed by atoms with Gasteiger partial charge in [-0.15, -0.1) is 0 Å². The van der Waals surface area contributed by atoms with E-state index in [4.69, 9.17) is 5.73 Å². The molecular formula is C20H25N3O2. The number of fused-ring (bicyclic) bond motifs is 2. The molecule has 5 nitrogen and oxygen atoms in total. The summed E-state index contributed by atoms with van der Waals surface area (Å²) in [5.74, 6) is -0.510. The van der Waals surface area contributed by atoms with E-state index in [1.165, 1.54) is 29.0 Å². The fourth-order valence-corrected chi connectivity index (χ4v) is 5.04. The number of amides is 1. The smallest absolute Gasteiger partial charge is 0.227 e. The van der Waals surface area contributed by atoms with Crippen molar-refractivity contribution in [3.63, 3.8) is 0 Å². The lowest BCUT2D eigenvalue weighted by Crippen LogP contribution is -2.48. The number of piperidine rings is 1. The summed E-state index contributed by atoms with van der Waals surface area (Å²) in [6.07, 6.45) is 4.77. The van der Waals surface area contributed by atoms with Gasteiger partial charge < -0.3 is 15.6 Å². The monoisotopic (exact) mass is 339 g/mol. The Morgan fingerprint density at radius 2 is 2.20 bits per heavy atom. The molecule has 5 heteroatoms. The van der Waals surface area contributed by atoms with Crippen LogP contribution in [0.15, 0.2) is 24.4 Å². The maximum Gasteiger partial charge on any atom is 0.227 e. The molecule has 0 spiro atoms. The van der Waals surface area contributed by atoms with Crippen molar-refractivity contribution in [3.05, 3.63) is 35.5 Å². The van der Waals surface area contributed by atoms with Crippen LogP contribution in [0, 0.1) is 11.8 Å². The zero-order chi connectivity index (χ0) is 17.7. The average molecular weight is 339 g/mol. The van der Waals surface area contributed by atoms with Crippen LogP contribution in [0.3, 0.4) is 0 Å². The van der Waals surface area contributed by atoms with Crippen molar-refractivity contribution in [1.82, 2.24) is 9.88 Å². The normalized spacial score (nSPS) is 27.0. The number of hydrogen-bond donors (Lipinski definition) is 2. The first kappa shape index (κ1) is 16.3. The summed E-state index contributed by atoms with van der Waals surface area (Å²) >= 11 is 0. The van der Waals surface area contributed by atoms with E-state index in [2.05, 4.69) is 41.3 Å². The molecule has 2 aromatic rings. The second-order valence-corrected chi connectivity index (χ2v) is 7.80. The number of nitrogens with zero attached hydrogens (tertiary/aromatic N) is 1. The molecule has 1 aromatic heterocycles. The Balaban J connectivity index is 1.65. The van der Waals surface area contributed by atoms with Gasteiger partial charge in [0.25, 0.3) is 0 Å². The van der Waals surface area contributed by atoms with Gasteiger partial charge in [-0.25, -0.2) is 0 Å². The summed E-state index contributed by atoms with van der Waals surface area (Å²) in [4.78, 5) is 29.2. The van der Waals surface area contributed by atoms with Crippen LogP contribution >= 0.6 is 0 Å². The number of H-pyrrole nitrogens is 1. The molecule has 1 amide bonds. The molecule has 1 saturated heterocycles. The van der Waals surface area contributed by atoms with Crippen LogP contribution in [0.1, 0.15) is 36.8 Å². The SMILES string of the molecule is CC(=O)C(CC1CC2c3cccc4[nH]cc(c34)CC2N(C)C1)C(N)=O. The Morgan fingerprint density at radius 3 is 2.92 bits per heavy atom. The van der Waals surface area contributed by atoms with Gasteiger partial charge in [0.1, 0.15) is 5.78 Å². The van der Waals surface area contributed by atoms with Crippen LogP contribution in [0.25, 0.3) is 10.9 Å². The maximum absolute atomic E-state index is 11.8. The molecule has 1 aliphatic carbocycles. The van der Waals surface area contributed by atoms with Crippen molar-refractivity contribution in [2.24, 2.45) is 17.6 Å².